The normalized spacial score (nSPS) is 14.2. The summed E-state index contributed by atoms with van der Waals surface area (Å²) in [4.78, 5) is 7.11. The largest absolute Gasteiger partial charge is 0.395 e. The molecule has 146 valence electrons. The van der Waals surface area contributed by atoms with E-state index < -0.39 is 0 Å². The van der Waals surface area contributed by atoms with Gasteiger partial charge in [0.05, 0.1) is 25.6 Å². The highest BCUT2D eigenvalue weighted by molar-refractivity contribution is 5.72. The van der Waals surface area contributed by atoms with E-state index in [2.05, 4.69) is 27.2 Å². The van der Waals surface area contributed by atoms with Crippen LogP contribution in [-0.4, -0.2) is 59.2 Å². The maximum Gasteiger partial charge on any atom is 0.182 e. The molecule has 8 nitrogen and oxygen atoms in total. The number of fused-ring (bicyclic) bond motifs is 1. The summed E-state index contributed by atoms with van der Waals surface area (Å²) in [6.07, 6.45) is 1.94. The van der Waals surface area contributed by atoms with E-state index in [4.69, 9.17) is 14.8 Å². The number of benzene rings is 1. The first-order chi connectivity index (χ1) is 13.7. The molecule has 1 aliphatic rings. The Morgan fingerprint density at radius 1 is 1.18 bits per heavy atom. The summed E-state index contributed by atoms with van der Waals surface area (Å²) in [6.45, 7) is 7.46. The molecule has 28 heavy (non-hydrogen) atoms. The minimum Gasteiger partial charge on any atom is -0.395 e. The molecule has 0 spiro atoms. The number of aromatic nitrogens is 3. The Hall–Kier alpha value is -3.10. The van der Waals surface area contributed by atoms with Gasteiger partial charge in [0.1, 0.15) is 5.52 Å². The van der Waals surface area contributed by atoms with E-state index in [0.29, 0.717) is 31.4 Å². The Labute approximate surface area is 163 Å². The van der Waals surface area contributed by atoms with Gasteiger partial charge in [0.15, 0.2) is 11.6 Å². The van der Waals surface area contributed by atoms with Crippen LogP contribution in [0.15, 0.2) is 55.0 Å². The molecule has 8 heteroatoms. The zero-order chi connectivity index (χ0) is 19.3. The number of nitrogens with one attached hydrogen (secondary N) is 2. The van der Waals surface area contributed by atoms with Crippen LogP contribution in [0.3, 0.4) is 0 Å². The fourth-order valence-electron chi connectivity index (χ4n) is 3.18. The van der Waals surface area contributed by atoms with Crippen molar-refractivity contribution >= 4 is 17.0 Å². The van der Waals surface area contributed by atoms with Gasteiger partial charge in [-0.25, -0.2) is 9.50 Å². The molecule has 1 fully saturated rings. The van der Waals surface area contributed by atoms with Crippen LogP contribution in [0.2, 0.25) is 0 Å². The predicted molar refractivity (Wildman–Crippen MR) is 109 cm³/mol. The molecule has 1 aliphatic heterocycles. The first kappa shape index (κ1) is 18.3. The number of hydrogen-bond donors (Lipinski definition) is 3. The Balaban J connectivity index is 1.59. The van der Waals surface area contributed by atoms with E-state index in [1.165, 1.54) is 0 Å². The lowest BCUT2D eigenvalue weighted by atomic mass is 10.2. The van der Waals surface area contributed by atoms with Gasteiger partial charge in [0, 0.05) is 37.1 Å². The topological polar surface area (TPSA) is 87.0 Å². The van der Waals surface area contributed by atoms with E-state index >= 15 is 0 Å². The van der Waals surface area contributed by atoms with Gasteiger partial charge in [0.2, 0.25) is 0 Å². The Bertz CT molecular complexity index is 947. The second-order valence-electron chi connectivity index (χ2n) is 6.53. The van der Waals surface area contributed by atoms with Crippen LogP contribution in [0, 0.1) is 0 Å². The van der Waals surface area contributed by atoms with Gasteiger partial charge >= 0.3 is 0 Å². The fraction of sp³-hybridized carbons (Fsp3) is 0.300. The van der Waals surface area contributed by atoms with Crippen molar-refractivity contribution in [3.8, 4) is 11.4 Å². The second kappa shape index (κ2) is 8.28. The summed E-state index contributed by atoms with van der Waals surface area (Å²) in [5.41, 5.74) is 2.83. The number of morpholine rings is 1. The Kier molecular flexibility index (Phi) is 5.41. The summed E-state index contributed by atoms with van der Waals surface area (Å²) in [5.74, 6) is 2.25. The van der Waals surface area contributed by atoms with Gasteiger partial charge in [0.25, 0.3) is 0 Å². The number of anilines is 2. The molecule has 0 amide bonds. The SMILES string of the molecule is C=C(NCCO)Nc1ccc(-c2nc(N3CCOCC3)c3cccn3n2)cc1. The quantitative estimate of drug-likeness (QED) is 0.575. The number of aliphatic hydroxyl groups is 1. The summed E-state index contributed by atoms with van der Waals surface area (Å²) in [6, 6.07) is 11.9. The molecule has 1 aromatic carbocycles. The third kappa shape index (κ3) is 3.92. The summed E-state index contributed by atoms with van der Waals surface area (Å²) >= 11 is 0. The molecule has 4 rings (SSSR count). The third-order valence-corrected chi connectivity index (χ3v) is 4.57. The van der Waals surface area contributed by atoms with Crippen LogP contribution in [0.4, 0.5) is 11.5 Å². The maximum atomic E-state index is 8.86. The van der Waals surface area contributed by atoms with Crippen molar-refractivity contribution in [1.82, 2.24) is 19.9 Å². The monoisotopic (exact) mass is 380 g/mol. The molecule has 0 saturated carbocycles. The Morgan fingerprint density at radius 2 is 1.96 bits per heavy atom. The summed E-state index contributed by atoms with van der Waals surface area (Å²) in [5, 5.41) is 19.7. The molecule has 0 aliphatic carbocycles. The minimum atomic E-state index is 0.0598. The highest BCUT2D eigenvalue weighted by Crippen LogP contribution is 2.25. The molecule has 3 aromatic rings. The van der Waals surface area contributed by atoms with E-state index in [1.54, 1.807) is 0 Å². The average molecular weight is 380 g/mol. The predicted octanol–water partition coefficient (Wildman–Crippen LogP) is 1.70. The van der Waals surface area contributed by atoms with Crippen molar-refractivity contribution in [1.29, 1.82) is 0 Å². The van der Waals surface area contributed by atoms with E-state index in [-0.39, 0.29) is 6.61 Å². The maximum absolute atomic E-state index is 8.86. The zero-order valence-corrected chi connectivity index (χ0v) is 15.6. The van der Waals surface area contributed by atoms with Crippen LogP contribution in [0.5, 0.6) is 0 Å². The second-order valence-corrected chi connectivity index (χ2v) is 6.53. The van der Waals surface area contributed by atoms with Crippen LogP contribution in [-0.2, 0) is 4.74 Å². The fourth-order valence-corrected chi connectivity index (χ4v) is 3.18. The first-order valence-electron chi connectivity index (χ1n) is 9.34. The molecular formula is C20H24N6O2. The number of nitrogens with zero attached hydrogens (tertiary/aromatic N) is 4. The van der Waals surface area contributed by atoms with E-state index in [0.717, 1.165) is 35.7 Å². The third-order valence-electron chi connectivity index (χ3n) is 4.57. The lowest BCUT2D eigenvalue weighted by Crippen LogP contribution is -2.37. The van der Waals surface area contributed by atoms with Crippen molar-refractivity contribution < 1.29 is 9.84 Å². The van der Waals surface area contributed by atoms with Crippen molar-refractivity contribution in [3.63, 3.8) is 0 Å². The van der Waals surface area contributed by atoms with Crippen LogP contribution < -0.4 is 15.5 Å². The zero-order valence-electron chi connectivity index (χ0n) is 15.6. The Morgan fingerprint density at radius 3 is 2.71 bits per heavy atom. The van der Waals surface area contributed by atoms with Crippen molar-refractivity contribution in [2.45, 2.75) is 0 Å². The molecule has 0 radical (unpaired) electrons. The lowest BCUT2D eigenvalue weighted by molar-refractivity contribution is 0.122. The van der Waals surface area contributed by atoms with Crippen molar-refractivity contribution in [2.24, 2.45) is 0 Å². The van der Waals surface area contributed by atoms with E-state index in [1.807, 2.05) is 47.1 Å². The van der Waals surface area contributed by atoms with Gasteiger partial charge < -0.3 is 25.4 Å². The average Bonchev–Trinajstić information content (AvgIpc) is 3.21. The molecule has 3 N–H and O–H groups in total. The molecule has 0 bridgehead atoms. The lowest BCUT2D eigenvalue weighted by Gasteiger charge is -2.28. The molecule has 0 atom stereocenters. The molecular weight excluding hydrogens is 356 g/mol. The summed E-state index contributed by atoms with van der Waals surface area (Å²) < 4.78 is 7.35. The first-order valence-corrected chi connectivity index (χ1v) is 9.34. The molecule has 0 unspecified atom stereocenters. The van der Waals surface area contributed by atoms with Gasteiger partial charge in [-0.1, -0.05) is 6.58 Å². The number of aliphatic hydroxyl groups excluding tert-OH is 1. The van der Waals surface area contributed by atoms with Gasteiger partial charge in [-0.05, 0) is 36.4 Å². The number of rotatable bonds is 7. The smallest absolute Gasteiger partial charge is 0.182 e. The minimum absolute atomic E-state index is 0.0598. The number of ether oxygens (including phenoxy) is 1. The molecule has 2 aromatic heterocycles. The van der Waals surface area contributed by atoms with Crippen molar-refractivity contribution in [3.05, 3.63) is 55.0 Å². The highest BCUT2D eigenvalue weighted by Gasteiger charge is 2.18. The van der Waals surface area contributed by atoms with Crippen LogP contribution in [0.1, 0.15) is 0 Å². The molecule has 1 saturated heterocycles. The van der Waals surface area contributed by atoms with Crippen molar-refractivity contribution in [2.75, 3.05) is 49.7 Å². The van der Waals surface area contributed by atoms with Gasteiger partial charge in [-0.15, -0.1) is 5.10 Å². The number of hydrogen-bond acceptors (Lipinski definition) is 7. The van der Waals surface area contributed by atoms with E-state index in [9.17, 15) is 0 Å². The van der Waals surface area contributed by atoms with Crippen LogP contribution >= 0.6 is 0 Å². The highest BCUT2D eigenvalue weighted by atomic mass is 16.5. The van der Waals surface area contributed by atoms with Gasteiger partial charge in [-0.2, -0.15) is 0 Å². The molecule has 3 heterocycles. The van der Waals surface area contributed by atoms with Gasteiger partial charge in [-0.3, -0.25) is 0 Å². The standard InChI is InChI=1S/C20H24N6O2/c1-15(21-8-12-27)22-17-6-4-16(5-7-17)19-23-20(25-10-13-28-14-11-25)18-3-2-9-26(18)24-19/h2-7,9,21-22,27H,1,8,10-14H2. The summed E-state index contributed by atoms with van der Waals surface area (Å²) in [7, 11) is 0. The van der Waals surface area contributed by atoms with Crippen LogP contribution in [0.25, 0.3) is 16.9 Å².